The second-order valence-electron chi connectivity index (χ2n) is 5.67. The number of carbonyl (C=O) groups excluding carboxylic acids is 1. The van der Waals surface area contributed by atoms with E-state index < -0.39 is 15.9 Å². The molecule has 0 fully saturated rings. The summed E-state index contributed by atoms with van der Waals surface area (Å²) in [6.45, 7) is 0. The number of rotatable bonds is 6. The molecule has 0 unspecified atom stereocenters. The van der Waals surface area contributed by atoms with E-state index in [-0.39, 0.29) is 10.6 Å². The summed E-state index contributed by atoms with van der Waals surface area (Å²) < 4.78 is 30.8. The van der Waals surface area contributed by atoms with E-state index in [1.807, 2.05) is 6.07 Å². The van der Waals surface area contributed by atoms with E-state index in [4.69, 9.17) is 10.00 Å². The maximum absolute atomic E-state index is 12.3. The van der Waals surface area contributed by atoms with Crippen molar-refractivity contribution in [1.82, 2.24) is 4.31 Å². The lowest BCUT2D eigenvalue weighted by Crippen LogP contribution is -2.22. The van der Waals surface area contributed by atoms with Crippen LogP contribution in [0.3, 0.4) is 0 Å². The molecule has 2 aromatic rings. The molecule has 0 radical (unpaired) electrons. The molecule has 7 nitrogen and oxygen atoms in total. The Morgan fingerprint density at radius 2 is 1.93 bits per heavy atom. The van der Waals surface area contributed by atoms with E-state index >= 15 is 0 Å². The van der Waals surface area contributed by atoms with Gasteiger partial charge < -0.3 is 10.1 Å². The van der Waals surface area contributed by atoms with Crippen molar-refractivity contribution in [3.05, 3.63) is 59.7 Å². The molecule has 0 bridgehead atoms. The Hall–Kier alpha value is -3.15. The summed E-state index contributed by atoms with van der Waals surface area (Å²) in [4.78, 5) is 12.3. The van der Waals surface area contributed by atoms with Gasteiger partial charge in [0, 0.05) is 20.2 Å². The fraction of sp³-hybridized carbons (Fsp3) is 0.158. The van der Waals surface area contributed by atoms with Gasteiger partial charge in [0.1, 0.15) is 5.75 Å². The van der Waals surface area contributed by atoms with Gasteiger partial charge in [-0.25, -0.2) is 12.7 Å². The number of ether oxygens (including phenoxy) is 1. The molecule has 27 heavy (non-hydrogen) atoms. The van der Waals surface area contributed by atoms with E-state index in [1.165, 1.54) is 51.6 Å². The smallest absolute Gasteiger partial charge is 0.248 e. The molecule has 0 heterocycles. The number of nitrogens with one attached hydrogen (secondary N) is 1. The van der Waals surface area contributed by atoms with Crippen molar-refractivity contribution in [3.63, 3.8) is 0 Å². The molecule has 0 atom stereocenters. The maximum Gasteiger partial charge on any atom is 0.248 e. The third-order valence-corrected chi connectivity index (χ3v) is 5.51. The second kappa shape index (κ2) is 8.49. The molecule has 0 aromatic heterocycles. The lowest BCUT2D eigenvalue weighted by atomic mass is 10.1. The van der Waals surface area contributed by atoms with Gasteiger partial charge in [-0.2, -0.15) is 5.26 Å². The highest BCUT2D eigenvalue weighted by Gasteiger charge is 2.19. The van der Waals surface area contributed by atoms with Crippen molar-refractivity contribution in [3.8, 4) is 11.8 Å². The molecule has 2 rings (SSSR count). The van der Waals surface area contributed by atoms with Crippen LogP contribution in [0.5, 0.6) is 5.75 Å². The van der Waals surface area contributed by atoms with Crippen molar-refractivity contribution in [2.75, 3.05) is 26.5 Å². The monoisotopic (exact) mass is 385 g/mol. The van der Waals surface area contributed by atoms with Gasteiger partial charge in [0.15, 0.2) is 0 Å². The van der Waals surface area contributed by atoms with Crippen molar-refractivity contribution in [2.45, 2.75) is 4.90 Å². The van der Waals surface area contributed by atoms with Crippen LogP contribution in [0.1, 0.15) is 11.1 Å². The Kier molecular flexibility index (Phi) is 6.34. The van der Waals surface area contributed by atoms with Crippen LogP contribution in [0, 0.1) is 11.3 Å². The van der Waals surface area contributed by atoms with Gasteiger partial charge in [-0.3, -0.25) is 4.79 Å². The van der Waals surface area contributed by atoms with Crippen molar-refractivity contribution >= 4 is 27.7 Å². The van der Waals surface area contributed by atoms with Crippen molar-refractivity contribution < 1.29 is 17.9 Å². The Morgan fingerprint density at radius 1 is 1.22 bits per heavy atom. The number of hydrogen-bond acceptors (Lipinski definition) is 5. The van der Waals surface area contributed by atoms with Crippen molar-refractivity contribution in [1.29, 1.82) is 5.26 Å². The Balaban J connectivity index is 2.29. The van der Waals surface area contributed by atoms with E-state index in [1.54, 1.807) is 24.3 Å². The molecule has 8 heteroatoms. The summed E-state index contributed by atoms with van der Waals surface area (Å²) in [6.07, 6.45) is 2.78. The number of sulfonamides is 1. The number of amides is 1. The second-order valence-corrected chi connectivity index (χ2v) is 7.82. The minimum atomic E-state index is -3.65. The normalized spacial score (nSPS) is 11.4. The van der Waals surface area contributed by atoms with Gasteiger partial charge in [-0.05, 0) is 35.9 Å². The maximum atomic E-state index is 12.3. The Bertz CT molecular complexity index is 1020. The topological polar surface area (TPSA) is 99.5 Å². The summed E-state index contributed by atoms with van der Waals surface area (Å²) in [5.74, 6) is -0.160. The molecule has 2 aromatic carbocycles. The molecule has 0 spiro atoms. The SMILES string of the molecule is COc1ccc(S(=O)(=O)N(C)C)cc1NC(=O)/C=C/c1ccccc1C#N. The van der Waals surface area contributed by atoms with Crippen LogP contribution in [0.15, 0.2) is 53.4 Å². The molecular weight excluding hydrogens is 366 g/mol. The minimum absolute atomic E-state index is 0.0300. The highest BCUT2D eigenvalue weighted by atomic mass is 32.2. The Morgan fingerprint density at radius 3 is 2.56 bits per heavy atom. The van der Waals surface area contributed by atoms with Gasteiger partial charge in [0.05, 0.1) is 29.3 Å². The van der Waals surface area contributed by atoms with Gasteiger partial charge in [0.2, 0.25) is 15.9 Å². The third kappa shape index (κ3) is 4.73. The quantitative estimate of drug-likeness (QED) is 0.770. The lowest BCUT2D eigenvalue weighted by Gasteiger charge is -2.14. The summed E-state index contributed by atoms with van der Waals surface area (Å²) >= 11 is 0. The number of hydrogen-bond donors (Lipinski definition) is 1. The van der Waals surface area contributed by atoms with Gasteiger partial charge in [0.25, 0.3) is 0 Å². The highest BCUT2D eigenvalue weighted by molar-refractivity contribution is 7.89. The third-order valence-electron chi connectivity index (χ3n) is 3.70. The number of carbonyl (C=O) groups is 1. The average Bonchev–Trinajstić information content (AvgIpc) is 2.66. The fourth-order valence-corrected chi connectivity index (χ4v) is 3.17. The van der Waals surface area contributed by atoms with E-state index in [0.29, 0.717) is 16.9 Å². The standard InChI is InChI=1S/C19H19N3O4S/c1-22(2)27(24,25)16-9-10-18(26-3)17(12-16)21-19(23)11-8-14-6-4-5-7-15(14)13-20/h4-12H,1-3H3,(H,21,23)/b11-8+. The summed E-state index contributed by atoms with van der Waals surface area (Å²) in [7, 11) is 0.616. The first-order valence-electron chi connectivity index (χ1n) is 7.88. The van der Waals surface area contributed by atoms with Crippen molar-refractivity contribution in [2.24, 2.45) is 0 Å². The Labute approximate surface area is 158 Å². The minimum Gasteiger partial charge on any atom is -0.495 e. The van der Waals surface area contributed by atoms with E-state index in [9.17, 15) is 13.2 Å². The first-order valence-corrected chi connectivity index (χ1v) is 9.32. The lowest BCUT2D eigenvalue weighted by molar-refractivity contribution is -0.111. The number of methoxy groups -OCH3 is 1. The molecule has 0 aliphatic carbocycles. The van der Waals surface area contributed by atoms with Crippen LogP contribution in [0.25, 0.3) is 6.08 Å². The largest absolute Gasteiger partial charge is 0.495 e. The number of anilines is 1. The van der Waals surface area contributed by atoms with Crippen LogP contribution >= 0.6 is 0 Å². The van der Waals surface area contributed by atoms with Gasteiger partial charge in [-0.15, -0.1) is 0 Å². The highest BCUT2D eigenvalue weighted by Crippen LogP contribution is 2.28. The van der Waals surface area contributed by atoms with Gasteiger partial charge in [-0.1, -0.05) is 18.2 Å². The summed E-state index contributed by atoms with van der Waals surface area (Å²) in [6, 6.07) is 13.1. The van der Waals surface area contributed by atoms with Crippen LogP contribution < -0.4 is 10.1 Å². The molecule has 1 N–H and O–H groups in total. The average molecular weight is 385 g/mol. The number of nitrogens with zero attached hydrogens (tertiary/aromatic N) is 2. The van der Waals surface area contributed by atoms with E-state index in [0.717, 1.165) is 4.31 Å². The molecule has 0 aliphatic heterocycles. The predicted molar refractivity (Wildman–Crippen MR) is 103 cm³/mol. The molecule has 1 amide bonds. The zero-order chi connectivity index (χ0) is 20.0. The van der Waals surface area contributed by atoms with Gasteiger partial charge >= 0.3 is 0 Å². The zero-order valence-electron chi connectivity index (χ0n) is 15.1. The summed E-state index contributed by atoms with van der Waals surface area (Å²) in [5, 5.41) is 11.7. The fourth-order valence-electron chi connectivity index (χ4n) is 2.24. The van der Waals surface area contributed by atoms with Crippen LogP contribution in [0.2, 0.25) is 0 Å². The molecule has 0 saturated heterocycles. The van der Waals surface area contributed by atoms with Crippen LogP contribution in [-0.4, -0.2) is 39.8 Å². The molecule has 0 saturated carbocycles. The first kappa shape index (κ1) is 20.2. The first-order chi connectivity index (χ1) is 12.8. The molecular formula is C19H19N3O4S. The molecule has 0 aliphatic rings. The predicted octanol–water partition coefficient (Wildman–Crippen LogP) is 2.47. The van der Waals surface area contributed by atoms with Crippen LogP contribution in [-0.2, 0) is 14.8 Å². The van der Waals surface area contributed by atoms with Crippen LogP contribution in [0.4, 0.5) is 5.69 Å². The van der Waals surface area contributed by atoms with E-state index in [2.05, 4.69) is 5.32 Å². The molecule has 140 valence electrons. The number of benzene rings is 2. The summed E-state index contributed by atoms with van der Waals surface area (Å²) in [5.41, 5.74) is 1.27. The number of nitriles is 1. The zero-order valence-corrected chi connectivity index (χ0v) is 15.9.